The molecule has 4 aromatic rings. The van der Waals surface area contributed by atoms with Crippen molar-refractivity contribution in [1.29, 1.82) is 0 Å². The van der Waals surface area contributed by atoms with E-state index in [0.717, 1.165) is 0 Å². The minimum absolute atomic E-state index is 0.157. The molecule has 1 fully saturated rings. The highest BCUT2D eigenvalue weighted by molar-refractivity contribution is 5.89. The second kappa shape index (κ2) is 13.8. The van der Waals surface area contributed by atoms with Gasteiger partial charge in [-0.3, -0.25) is 5.10 Å². The normalized spacial score (nSPS) is 19.8. The number of nitrogens with one attached hydrogen (secondary N) is 1. The van der Waals surface area contributed by atoms with Crippen LogP contribution in [-0.4, -0.2) is 60.5 Å². The molecular weight excluding hydrogens is 600 g/mol. The molecule has 0 radical (unpaired) electrons. The minimum Gasteiger partial charge on any atom is -0.497 e. The Kier molecular flexibility index (Phi) is 9.67. The topological polar surface area (TPSA) is 109 Å². The number of hydrogen-bond donors (Lipinski definition) is 1. The van der Waals surface area contributed by atoms with Crippen LogP contribution in [0.3, 0.4) is 0 Å². The predicted octanol–water partition coefficient (Wildman–Crippen LogP) is 5.94. The molecule has 0 spiro atoms. The summed E-state index contributed by atoms with van der Waals surface area (Å²) in [4.78, 5) is 25.3. The molecule has 5 rings (SSSR count). The molecule has 0 saturated carbocycles. The molecule has 1 aromatic heterocycles. The summed E-state index contributed by atoms with van der Waals surface area (Å²) < 4.78 is 84.8. The van der Waals surface area contributed by atoms with Crippen LogP contribution in [0.4, 0.5) is 17.6 Å². The monoisotopic (exact) mass is 628 g/mol. The molecule has 236 valence electrons. The smallest absolute Gasteiger partial charge is 0.433 e. The van der Waals surface area contributed by atoms with Crippen molar-refractivity contribution in [3.05, 3.63) is 113 Å². The van der Waals surface area contributed by atoms with Crippen LogP contribution in [0.2, 0.25) is 0 Å². The minimum atomic E-state index is -4.80. The summed E-state index contributed by atoms with van der Waals surface area (Å²) in [7, 11) is 1.46. The Hall–Kier alpha value is -4.91. The second-order valence-corrected chi connectivity index (χ2v) is 10.1. The highest BCUT2D eigenvalue weighted by atomic mass is 19.4. The number of rotatable bonds is 10. The lowest BCUT2D eigenvalue weighted by Crippen LogP contribution is -2.51. The number of hydrogen-bond acceptors (Lipinski definition) is 8. The van der Waals surface area contributed by atoms with Crippen LogP contribution in [0.25, 0.3) is 0 Å². The lowest BCUT2D eigenvalue weighted by Gasteiger charge is -2.37. The summed E-state index contributed by atoms with van der Waals surface area (Å²) in [6.45, 7) is -0.596. The van der Waals surface area contributed by atoms with Crippen LogP contribution in [0.15, 0.2) is 84.9 Å². The maximum atomic E-state index is 15.7. The van der Waals surface area contributed by atoms with Crippen molar-refractivity contribution in [3.63, 3.8) is 0 Å². The Morgan fingerprint density at radius 2 is 1.56 bits per heavy atom. The zero-order chi connectivity index (χ0) is 32.0. The van der Waals surface area contributed by atoms with Crippen LogP contribution >= 0.6 is 0 Å². The number of carbonyl (C=O) groups is 2. The molecule has 1 aliphatic rings. The number of ether oxygens (including phenoxy) is 5. The zero-order valence-corrected chi connectivity index (χ0v) is 23.8. The van der Waals surface area contributed by atoms with Gasteiger partial charge in [-0.25, -0.2) is 14.0 Å². The number of nitrogens with zero attached hydrogens (tertiary/aromatic N) is 1. The van der Waals surface area contributed by atoms with E-state index in [9.17, 15) is 22.8 Å². The zero-order valence-electron chi connectivity index (χ0n) is 23.8. The van der Waals surface area contributed by atoms with Gasteiger partial charge in [-0.2, -0.15) is 13.2 Å². The molecule has 0 bridgehead atoms. The third-order valence-corrected chi connectivity index (χ3v) is 7.01. The van der Waals surface area contributed by atoms with Gasteiger partial charge in [0.05, 0.1) is 30.2 Å². The van der Waals surface area contributed by atoms with Gasteiger partial charge in [-0.15, -0.1) is 5.10 Å². The Bertz CT molecular complexity index is 1580. The number of halogens is 4. The summed E-state index contributed by atoms with van der Waals surface area (Å²) in [5.41, 5.74) is -0.578. The number of alkyl halides is 4. The van der Waals surface area contributed by atoms with Gasteiger partial charge in [-0.1, -0.05) is 48.5 Å². The fourth-order valence-corrected chi connectivity index (χ4v) is 4.72. The maximum Gasteiger partial charge on any atom is 0.433 e. The lowest BCUT2D eigenvalue weighted by atomic mass is 10.0. The average Bonchev–Trinajstić information content (AvgIpc) is 3.45. The van der Waals surface area contributed by atoms with E-state index >= 15 is 4.39 Å². The van der Waals surface area contributed by atoms with Crippen molar-refractivity contribution in [2.45, 2.75) is 43.7 Å². The lowest BCUT2D eigenvalue weighted by molar-refractivity contribution is -0.215. The molecule has 4 atom stereocenters. The van der Waals surface area contributed by atoms with Gasteiger partial charge < -0.3 is 23.7 Å². The van der Waals surface area contributed by atoms with E-state index in [4.69, 9.17) is 23.7 Å². The van der Waals surface area contributed by atoms with Crippen molar-refractivity contribution >= 4 is 11.9 Å². The molecule has 1 N–H and O–H groups in total. The molecule has 3 aromatic carbocycles. The van der Waals surface area contributed by atoms with E-state index in [1.807, 2.05) is 5.10 Å². The largest absolute Gasteiger partial charge is 0.497 e. The van der Waals surface area contributed by atoms with Crippen molar-refractivity contribution < 1.29 is 50.8 Å². The van der Waals surface area contributed by atoms with E-state index in [0.29, 0.717) is 11.3 Å². The summed E-state index contributed by atoms with van der Waals surface area (Å²) in [6, 6.07) is 22.2. The van der Waals surface area contributed by atoms with Gasteiger partial charge in [0.25, 0.3) is 0 Å². The third-order valence-electron chi connectivity index (χ3n) is 7.01. The number of carbonyl (C=O) groups excluding carboxylic acids is 2. The molecule has 0 amide bonds. The first kappa shape index (κ1) is 31.5. The maximum absolute atomic E-state index is 15.7. The highest BCUT2D eigenvalue weighted by Gasteiger charge is 2.44. The number of benzene rings is 3. The fourth-order valence-electron chi connectivity index (χ4n) is 4.72. The summed E-state index contributed by atoms with van der Waals surface area (Å²) in [6.07, 6.45) is -11.8. The van der Waals surface area contributed by atoms with Crippen molar-refractivity contribution in [1.82, 2.24) is 10.2 Å². The standard InChI is InChI=1S/C32H28F4N2O7/c1-41-22-14-12-19(13-15-22)16-23-28(32(34,35)36)37-38-29(23)45-26-17-24(44-31(40)21-10-6-3-7-11-21)27(33)25(43-26)18-42-30(39)20-8-4-2-5-9-20/h2-15,24-27H,16-18H2,1H3,(H,37,38). The predicted molar refractivity (Wildman–Crippen MR) is 151 cm³/mol. The molecule has 1 saturated heterocycles. The molecular formula is C32H28F4N2O7. The number of methoxy groups -OCH3 is 1. The number of H-pyrrole nitrogens is 1. The third kappa shape index (κ3) is 7.79. The van der Waals surface area contributed by atoms with Crippen LogP contribution in [0.1, 0.15) is 44.0 Å². The molecule has 1 aliphatic heterocycles. The summed E-state index contributed by atoms with van der Waals surface area (Å²) >= 11 is 0. The molecule has 13 heteroatoms. The van der Waals surface area contributed by atoms with Gasteiger partial charge in [0.2, 0.25) is 12.2 Å². The van der Waals surface area contributed by atoms with Crippen molar-refractivity contribution in [2.24, 2.45) is 0 Å². The summed E-state index contributed by atoms with van der Waals surface area (Å²) in [5.74, 6) is -1.50. The van der Waals surface area contributed by atoms with Crippen LogP contribution in [-0.2, 0) is 26.8 Å². The van der Waals surface area contributed by atoms with Gasteiger partial charge >= 0.3 is 18.1 Å². The number of esters is 2. The van der Waals surface area contributed by atoms with Gasteiger partial charge in [-0.05, 0) is 42.0 Å². The number of aromatic nitrogens is 2. The first-order chi connectivity index (χ1) is 21.6. The Labute approximate surface area is 255 Å². The van der Waals surface area contributed by atoms with E-state index in [2.05, 4.69) is 5.10 Å². The highest BCUT2D eigenvalue weighted by Crippen LogP contribution is 2.37. The van der Waals surface area contributed by atoms with Gasteiger partial charge in [0, 0.05) is 6.42 Å². The van der Waals surface area contributed by atoms with E-state index in [-0.39, 0.29) is 29.5 Å². The van der Waals surface area contributed by atoms with Crippen LogP contribution < -0.4 is 9.47 Å². The number of aromatic amines is 1. The second-order valence-electron chi connectivity index (χ2n) is 10.1. The van der Waals surface area contributed by atoms with Crippen molar-refractivity contribution in [3.8, 4) is 11.6 Å². The molecule has 4 unspecified atom stereocenters. The van der Waals surface area contributed by atoms with Gasteiger partial charge in [0.1, 0.15) is 30.3 Å². The SMILES string of the molecule is COc1ccc(Cc2c(OC3CC(OC(=O)c4ccccc4)C(F)C(COC(=O)c4ccccc4)O3)n[nH]c2C(F)(F)F)cc1. The van der Waals surface area contributed by atoms with Crippen LogP contribution in [0.5, 0.6) is 11.6 Å². The Morgan fingerprint density at radius 3 is 2.16 bits per heavy atom. The Balaban J connectivity index is 1.38. The fraction of sp³-hybridized carbons (Fsp3) is 0.281. The summed E-state index contributed by atoms with van der Waals surface area (Å²) in [5, 5.41) is 5.72. The Morgan fingerprint density at radius 1 is 0.933 bits per heavy atom. The average molecular weight is 629 g/mol. The molecule has 2 heterocycles. The van der Waals surface area contributed by atoms with Gasteiger partial charge in [0.15, 0.2) is 6.17 Å². The van der Waals surface area contributed by atoms with Crippen molar-refractivity contribution in [2.75, 3.05) is 13.7 Å². The molecule has 0 aliphatic carbocycles. The first-order valence-corrected chi connectivity index (χ1v) is 13.8. The quantitative estimate of drug-likeness (QED) is 0.170. The van der Waals surface area contributed by atoms with Crippen LogP contribution in [0, 0.1) is 0 Å². The first-order valence-electron chi connectivity index (χ1n) is 13.8. The van der Waals surface area contributed by atoms with E-state index in [1.165, 1.54) is 31.4 Å². The molecule has 45 heavy (non-hydrogen) atoms. The van der Waals surface area contributed by atoms with E-state index < -0.39 is 61.0 Å². The molecule has 9 nitrogen and oxygen atoms in total. The van der Waals surface area contributed by atoms with E-state index in [1.54, 1.807) is 60.7 Å².